The number of nitrogens with zero attached hydrogens (tertiary/aromatic N) is 1. The lowest BCUT2D eigenvalue weighted by molar-refractivity contribution is 0.436. The summed E-state index contributed by atoms with van der Waals surface area (Å²) in [4.78, 5) is 2.60. The van der Waals surface area contributed by atoms with Gasteiger partial charge in [0.05, 0.1) is 27.6 Å². The van der Waals surface area contributed by atoms with Crippen molar-refractivity contribution in [2.45, 2.75) is 16.2 Å². The Bertz CT molecular complexity index is 4890. The molecular weight excluding hydrogens is 1020 g/mol. The van der Waals surface area contributed by atoms with Crippen molar-refractivity contribution < 1.29 is 9.47 Å². The number of hydrogen-bond donors (Lipinski definition) is 0. The third kappa shape index (κ3) is 5.57. The number of benzene rings is 13. The lowest BCUT2D eigenvalue weighted by Gasteiger charge is -2.39. The molecule has 0 bridgehead atoms. The summed E-state index contributed by atoms with van der Waals surface area (Å²) in [5, 5.41) is 0. The topological polar surface area (TPSA) is 21.7 Å². The molecule has 3 spiro atoms. The summed E-state index contributed by atoms with van der Waals surface area (Å²) in [5.41, 5.74) is 28.6. The van der Waals surface area contributed by atoms with E-state index >= 15 is 0 Å². The molecule has 19 rings (SSSR count). The van der Waals surface area contributed by atoms with Crippen LogP contribution in [-0.4, -0.2) is 0 Å². The van der Waals surface area contributed by atoms with E-state index in [2.05, 4.69) is 302 Å². The van der Waals surface area contributed by atoms with E-state index in [4.69, 9.17) is 9.47 Å². The molecule has 2 heterocycles. The number of hydrogen-bond acceptors (Lipinski definition) is 3. The van der Waals surface area contributed by atoms with Gasteiger partial charge in [0.25, 0.3) is 0 Å². The Morgan fingerprint density at radius 3 is 0.964 bits per heavy atom. The van der Waals surface area contributed by atoms with Crippen molar-refractivity contribution in [1.29, 1.82) is 0 Å². The average Bonchev–Trinajstić information content (AvgIpc) is 1.55. The van der Waals surface area contributed by atoms with Gasteiger partial charge in [0.15, 0.2) is 0 Å². The highest BCUT2D eigenvalue weighted by Crippen LogP contribution is 2.68. The Hall–Kier alpha value is -10.7. The maximum absolute atomic E-state index is 6.85. The van der Waals surface area contributed by atoms with Crippen LogP contribution in [0.1, 0.15) is 66.8 Å². The first-order valence-corrected chi connectivity index (χ1v) is 29.2. The van der Waals surface area contributed by atoms with Crippen LogP contribution in [0.15, 0.2) is 297 Å². The van der Waals surface area contributed by atoms with Crippen LogP contribution in [0.5, 0.6) is 23.0 Å². The highest BCUT2D eigenvalue weighted by atomic mass is 16.5. The van der Waals surface area contributed by atoms with Crippen LogP contribution in [0.4, 0.5) is 17.1 Å². The molecule has 3 heteroatoms. The van der Waals surface area contributed by atoms with Crippen molar-refractivity contribution in [2.75, 3.05) is 4.90 Å². The molecule has 3 nitrogen and oxygen atoms in total. The first-order chi connectivity index (χ1) is 41.7. The van der Waals surface area contributed by atoms with Crippen LogP contribution in [0.2, 0.25) is 0 Å². The van der Waals surface area contributed by atoms with E-state index in [0.717, 1.165) is 73.4 Å². The van der Waals surface area contributed by atoms with Crippen molar-refractivity contribution in [1.82, 2.24) is 0 Å². The molecule has 0 N–H and O–H groups in total. The zero-order valence-corrected chi connectivity index (χ0v) is 45.6. The molecule has 0 saturated carbocycles. The van der Waals surface area contributed by atoms with E-state index in [1.54, 1.807) is 0 Å². The van der Waals surface area contributed by atoms with E-state index in [-0.39, 0.29) is 0 Å². The molecular formula is C81H49NO2. The summed E-state index contributed by atoms with van der Waals surface area (Å²) in [6, 6.07) is 111. The Balaban J connectivity index is 0.891. The predicted molar refractivity (Wildman–Crippen MR) is 338 cm³/mol. The lowest BCUT2D eigenvalue weighted by atomic mass is 9.66. The zero-order chi connectivity index (χ0) is 54.9. The molecule has 0 amide bonds. The van der Waals surface area contributed by atoms with Crippen molar-refractivity contribution in [2.24, 2.45) is 0 Å². The third-order valence-corrected chi connectivity index (χ3v) is 19.6. The van der Waals surface area contributed by atoms with E-state index in [1.165, 1.54) is 89.0 Å². The monoisotopic (exact) mass is 1070 g/mol. The summed E-state index contributed by atoms with van der Waals surface area (Å²) in [5.74, 6) is 3.52. The first-order valence-electron chi connectivity index (χ1n) is 29.2. The fraction of sp³-hybridized carbons (Fsp3) is 0.0370. The highest BCUT2D eigenvalue weighted by Gasteiger charge is 2.55. The maximum atomic E-state index is 6.85. The first kappa shape index (κ1) is 45.9. The molecule has 4 aliphatic carbocycles. The van der Waals surface area contributed by atoms with Gasteiger partial charge in [0, 0.05) is 39.1 Å². The lowest BCUT2D eigenvalue weighted by Crippen LogP contribution is -2.32. The second kappa shape index (κ2) is 16.7. The molecule has 0 aromatic heterocycles. The molecule has 0 radical (unpaired) electrons. The van der Waals surface area contributed by atoms with Gasteiger partial charge in [0.1, 0.15) is 23.0 Å². The molecule has 6 aliphatic rings. The van der Waals surface area contributed by atoms with Gasteiger partial charge in [-0.3, -0.25) is 0 Å². The molecule has 13 aromatic carbocycles. The highest BCUT2D eigenvalue weighted by molar-refractivity contribution is 6.05. The van der Waals surface area contributed by atoms with Gasteiger partial charge in [-0.1, -0.05) is 243 Å². The second-order valence-electron chi connectivity index (χ2n) is 23.2. The minimum atomic E-state index is -0.660. The van der Waals surface area contributed by atoms with Gasteiger partial charge in [-0.15, -0.1) is 0 Å². The number of rotatable bonds is 4. The molecule has 0 atom stereocenters. The molecule has 0 unspecified atom stereocenters. The van der Waals surface area contributed by atoms with Crippen LogP contribution >= 0.6 is 0 Å². The SMILES string of the molecule is c1cc(-c2ccc3c(c2)C2(c4ccccc4Oc4ccccc42)c2ccccc2-3)cc(N(c2cccc3c2-c2ccccc2C32c3ccccc3Oc3ccccc32)c2cccc3c2-c2ccccc2C32c3ccccc3-c3ccccc32)c1. The Morgan fingerprint density at radius 2 is 0.524 bits per heavy atom. The van der Waals surface area contributed by atoms with Gasteiger partial charge in [-0.05, 0) is 144 Å². The molecule has 390 valence electrons. The standard InChI is InChI=1S/C81H49NO2/c1-6-29-59-53(24-1)54-25-2-7-30-60(54)79(59)62-32-9-4-27-57(62)77-68(79)38-20-40-71(77)82(72-41-21-39-69-78(72)58-28-5-10-33-63(58)80(69)64-34-11-15-42-73(64)83-74-43-16-12-35-65(74)80)52-23-19-22-50(48-52)51-46-47-56-55-26-3-8-31-61(55)81(70(56)49-51)66-36-13-17-44-75(66)84-76-45-18-14-37-67(76)81/h1-49H. The maximum Gasteiger partial charge on any atom is 0.132 e. The Kier molecular flexibility index (Phi) is 9.13. The number of ether oxygens (including phenoxy) is 2. The molecule has 84 heavy (non-hydrogen) atoms. The Labute approximate surface area is 487 Å². The number of para-hydroxylation sites is 4. The normalized spacial score (nSPS) is 14.9. The average molecular weight is 1070 g/mol. The largest absolute Gasteiger partial charge is 0.457 e. The van der Waals surface area contributed by atoms with Crippen LogP contribution in [-0.2, 0) is 16.2 Å². The van der Waals surface area contributed by atoms with E-state index in [0.29, 0.717) is 0 Å². The predicted octanol–water partition coefficient (Wildman–Crippen LogP) is 20.1. The fourth-order valence-corrected chi connectivity index (χ4v) is 16.6. The van der Waals surface area contributed by atoms with Crippen LogP contribution in [0.3, 0.4) is 0 Å². The summed E-state index contributed by atoms with van der Waals surface area (Å²) in [7, 11) is 0. The van der Waals surface area contributed by atoms with Gasteiger partial charge in [0.2, 0.25) is 0 Å². The van der Waals surface area contributed by atoms with Gasteiger partial charge >= 0.3 is 0 Å². The fourth-order valence-electron chi connectivity index (χ4n) is 16.6. The summed E-state index contributed by atoms with van der Waals surface area (Å²) < 4.78 is 13.6. The van der Waals surface area contributed by atoms with Crippen molar-refractivity contribution in [3.63, 3.8) is 0 Å². The van der Waals surface area contributed by atoms with Crippen molar-refractivity contribution >= 4 is 17.1 Å². The molecule has 13 aromatic rings. The van der Waals surface area contributed by atoms with Crippen LogP contribution in [0.25, 0.3) is 55.6 Å². The van der Waals surface area contributed by atoms with Gasteiger partial charge in [-0.2, -0.15) is 0 Å². The minimum absolute atomic E-state index is 0.535. The number of anilines is 3. The quantitative estimate of drug-likeness (QED) is 0.175. The Morgan fingerprint density at radius 1 is 0.214 bits per heavy atom. The van der Waals surface area contributed by atoms with Crippen LogP contribution < -0.4 is 14.4 Å². The summed E-state index contributed by atoms with van der Waals surface area (Å²) in [6.07, 6.45) is 0. The molecule has 2 aliphatic heterocycles. The molecule has 0 saturated heterocycles. The summed E-state index contributed by atoms with van der Waals surface area (Å²) >= 11 is 0. The van der Waals surface area contributed by atoms with E-state index in [9.17, 15) is 0 Å². The number of fused-ring (bicyclic) bond motifs is 28. The van der Waals surface area contributed by atoms with Crippen molar-refractivity contribution in [3.05, 3.63) is 364 Å². The second-order valence-corrected chi connectivity index (χ2v) is 23.2. The molecule has 0 fully saturated rings. The van der Waals surface area contributed by atoms with E-state index in [1.807, 2.05) is 0 Å². The third-order valence-electron chi connectivity index (χ3n) is 19.6. The minimum Gasteiger partial charge on any atom is -0.457 e. The van der Waals surface area contributed by atoms with Crippen LogP contribution in [0, 0.1) is 0 Å². The van der Waals surface area contributed by atoms with E-state index < -0.39 is 16.2 Å². The zero-order valence-electron chi connectivity index (χ0n) is 45.6. The van der Waals surface area contributed by atoms with Gasteiger partial charge in [-0.25, -0.2) is 0 Å². The van der Waals surface area contributed by atoms with Gasteiger partial charge < -0.3 is 14.4 Å². The smallest absolute Gasteiger partial charge is 0.132 e. The van der Waals surface area contributed by atoms with Crippen molar-refractivity contribution in [3.8, 4) is 78.6 Å². The summed E-state index contributed by atoms with van der Waals surface area (Å²) in [6.45, 7) is 0.